The molecule has 1 fully saturated rings. The normalized spacial score (nSPS) is 21.5. The van der Waals surface area contributed by atoms with Gasteiger partial charge in [0.15, 0.2) is 0 Å². The first-order chi connectivity index (χ1) is 7.50. The summed E-state index contributed by atoms with van der Waals surface area (Å²) in [6.07, 6.45) is 5.33. The summed E-state index contributed by atoms with van der Waals surface area (Å²) < 4.78 is 0. The van der Waals surface area contributed by atoms with Crippen molar-refractivity contribution < 1.29 is 0 Å². The maximum absolute atomic E-state index is 5.67. The molecule has 0 amide bonds. The summed E-state index contributed by atoms with van der Waals surface area (Å²) in [5.41, 5.74) is 4.07. The highest BCUT2D eigenvalue weighted by molar-refractivity contribution is 5.11. The number of nitrogens with two attached hydrogens (primary N) is 1. The van der Waals surface area contributed by atoms with Gasteiger partial charge in [0.25, 0.3) is 0 Å². The third kappa shape index (κ3) is 3.06. The quantitative estimate of drug-likeness (QED) is 0.437. The van der Waals surface area contributed by atoms with Gasteiger partial charge in [-0.05, 0) is 46.7 Å². The van der Waals surface area contributed by atoms with Crippen molar-refractivity contribution in [3.63, 3.8) is 0 Å². The minimum Gasteiger partial charge on any atom is -0.296 e. The van der Waals surface area contributed by atoms with Gasteiger partial charge in [0.05, 0.1) is 6.04 Å². The van der Waals surface area contributed by atoms with E-state index in [-0.39, 0.29) is 11.6 Å². The predicted octanol–water partition coefficient (Wildman–Crippen LogP) is 2.05. The van der Waals surface area contributed by atoms with Crippen molar-refractivity contribution >= 4 is 0 Å². The third-order valence-corrected chi connectivity index (χ3v) is 3.79. The van der Waals surface area contributed by atoms with E-state index in [4.69, 9.17) is 5.84 Å². The molecule has 1 atom stereocenters. The van der Waals surface area contributed by atoms with Crippen LogP contribution in [0, 0.1) is 0 Å². The molecule has 0 spiro atoms. The zero-order valence-electron chi connectivity index (χ0n) is 11.1. The van der Waals surface area contributed by atoms with E-state index in [1.165, 1.54) is 38.8 Å². The molecule has 1 rings (SSSR count). The number of rotatable bonds is 4. The fourth-order valence-corrected chi connectivity index (χ4v) is 2.78. The smallest absolute Gasteiger partial charge is 0.0593 e. The largest absolute Gasteiger partial charge is 0.296 e. The topological polar surface area (TPSA) is 41.3 Å². The van der Waals surface area contributed by atoms with E-state index in [2.05, 4.69) is 30.8 Å². The summed E-state index contributed by atoms with van der Waals surface area (Å²) >= 11 is 0. The third-order valence-electron chi connectivity index (χ3n) is 3.79. The minimum atomic E-state index is 0.0466. The Morgan fingerprint density at radius 2 is 1.75 bits per heavy atom. The molecule has 1 aliphatic heterocycles. The first-order valence-corrected chi connectivity index (χ1v) is 6.36. The van der Waals surface area contributed by atoms with Crippen LogP contribution >= 0.6 is 0 Å². The summed E-state index contributed by atoms with van der Waals surface area (Å²) in [5.74, 6) is 5.67. The number of hydrazine groups is 1. The number of nitrogens with zero attached hydrogens (tertiary/aromatic N) is 1. The zero-order chi connectivity index (χ0) is 12.2. The molecule has 1 heterocycles. The molecule has 0 bridgehead atoms. The van der Waals surface area contributed by atoms with Gasteiger partial charge in [0.1, 0.15) is 0 Å². The van der Waals surface area contributed by atoms with Crippen molar-refractivity contribution in [2.45, 2.75) is 58.0 Å². The molecule has 94 valence electrons. The Kier molecular flexibility index (Phi) is 4.96. The molecular weight excluding hydrogens is 198 g/mol. The van der Waals surface area contributed by atoms with Crippen LogP contribution in [0.25, 0.3) is 0 Å². The van der Waals surface area contributed by atoms with Gasteiger partial charge in [0.2, 0.25) is 0 Å². The second-order valence-electron chi connectivity index (χ2n) is 5.50. The highest BCUT2D eigenvalue weighted by atomic mass is 15.3. The summed E-state index contributed by atoms with van der Waals surface area (Å²) in [6, 6.07) is 0.158. The number of likely N-dealkylation sites (tertiary alicyclic amines) is 1. The van der Waals surface area contributed by atoms with Gasteiger partial charge in [-0.3, -0.25) is 16.2 Å². The van der Waals surface area contributed by atoms with Crippen molar-refractivity contribution in [3.8, 4) is 0 Å². The van der Waals surface area contributed by atoms with Crippen LogP contribution in [0.1, 0.15) is 46.5 Å². The lowest BCUT2D eigenvalue weighted by Crippen LogP contribution is -2.60. The standard InChI is InChI=1S/C13H27N3/c1-11(2)12(15-14)13(3,4)16-9-7-5-6-8-10-16/h12,15H,1,5-10,14H2,2-4H3. The molecule has 3 nitrogen and oxygen atoms in total. The van der Waals surface area contributed by atoms with Gasteiger partial charge in [-0.1, -0.05) is 25.0 Å². The monoisotopic (exact) mass is 225 g/mol. The molecule has 3 N–H and O–H groups in total. The maximum atomic E-state index is 5.67. The zero-order valence-corrected chi connectivity index (χ0v) is 11.1. The molecule has 0 saturated carbocycles. The van der Waals surface area contributed by atoms with Crippen LogP contribution in [-0.2, 0) is 0 Å². The van der Waals surface area contributed by atoms with Crippen LogP contribution in [0.15, 0.2) is 12.2 Å². The molecule has 1 unspecified atom stereocenters. The fourth-order valence-electron chi connectivity index (χ4n) is 2.78. The SMILES string of the molecule is C=C(C)C(NN)C(C)(C)N1CCCCCC1. The van der Waals surface area contributed by atoms with Crippen molar-refractivity contribution in [2.75, 3.05) is 13.1 Å². The van der Waals surface area contributed by atoms with Crippen molar-refractivity contribution in [1.29, 1.82) is 0 Å². The Bertz CT molecular complexity index is 227. The Labute approximate surface area is 100 Å². The molecule has 1 aliphatic rings. The summed E-state index contributed by atoms with van der Waals surface area (Å²) in [6.45, 7) is 13.0. The van der Waals surface area contributed by atoms with E-state index in [0.29, 0.717) is 0 Å². The van der Waals surface area contributed by atoms with Crippen LogP contribution in [0.3, 0.4) is 0 Å². The molecule has 0 aromatic rings. The number of hydrogen-bond donors (Lipinski definition) is 2. The molecule has 0 aromatic carbocycles. The lowest BCUT2D eigenvalue weighted by atomic mass is 9.88. The van der Waals surface area contributed by atoms with E-state index in [1.807, 2.05) is 6.92 Å². The predicted molar refractivity (Wildman–Crippen MR) is 70.0 cm³/mol. The van der Waals surface area contributed by atoms with E-state index in [1.54, 1.807) is 0 Å². The molecular formula is C13H27N3. The summed E-state index contributed by atoms with van der Waals surface area (Å²) in [4.78, 5) is 2.55. The molecule has 16 heavy (non-hydrogen) atoms. The van der Waals surface area contributed by atoms with Crippen molar-refractivity contribution in [2.24, 2.45) is 5.84 Å². The first-order valence-electron chi connectivity index (χ1n) is 6.36. The summed E-state index contributed by atoms with van der Waals surface area (Å²) in [5, 5.41) is 0. The Morgan fingerprint density at radius 1 is 1.25 bits per heavy atom. The van der Waals surface area contributed by atoms with Gasteiger partial charge >= 0.3 is 0 Å². The Morgan fingerprint density at radius 3 is 2.12 bits per heavy atom. The van der Waals surface area contributed by atoms with Gasteiger partial charge in [-0.2, -0.15) is 0 Å². The maximum Gasteiger partial charge on any atom is 0.0593 e. The molecule has 0 aliphatic carbocycles. The van der Waals surface area contributed by atoms with Crippen LogP contribution < -0.4 is 11.3 Å². The van der Waals surface area contributed by atoms with Crippen molar-refractivity contribution in [3.05, 3.63) is 12.2 Å². The second-order valence-corrected chi connectivity index (χ2v) is 5.50. The lowest BCUT2D eigenvalue weighted by Gasteiger charge is -2.44. The van der Waals surface area contributed by atoms with E-state index in [0.717, 1.165) is 5.57 Å². The lowest BCUT2D eigenvalue weighted by molar-refractivity contribution is 0.0961. The van der Waals surface area contributed by atoms with Gasteiger partial charge in [-0.25, -0.2) is 0 Å². The number of hydrogen-bond acceptors (Lipinski definition) is 3. The highest BCUT2D eigenvalue weighted by Gasteiger charge is 2.35. The highest BCUT2D eigenvalue weighted by Crippen LogP contribution is 2.26. The molecule has 0 radical (unpaired) electrons. The van der Waals surface area contributed by atoms with E-state index >= 15 is 0 Å². The van der Waals surface area contributed by atoms with Gasteiger partial charge < -0.3 is 0 Å². The van der Waals surface area contributed by atoms with Crippen molar-refractivity contribution in [1.82, 2.24) is 10.3 Å². The van der Waals surface area contributed by atoms with Crippen LogP contribution in [0.5, 0.6) is 0 Å². The van der Waals surface area contributed by atoms with Gasteiger partial charge in [-0.15, -0.1) is 0 Å². The van der Waals surface area contributed by atoms with Crippen LogP contribution in [0.2, 0.25) is 0 Å². The summed E-state index contributed by atoms with van der Waals surface area (Å²) in [7, 11) is 0. The first kappa shape index (κ1) is 13.7. The van der Waals surface area contributed by atoms with E-state index in [9.17, 15) is 0 Å². The Hall–Kier alpha value is -0.380. The van der Waals surface area contributed by atoms with E-state index < -0.39 is 0 Å². The molecule has 1 saturated heterocycles. The average molecular weight is 225 g/mol. The fraction of sp³-hybridized carbons (Fsp3) is 0.846. The number of nitrogens with one attached hydrogen (secondary N) is 1. The van der Waals surface area contributed by atoms with Crippen LogP contribution in [-0.4, -0.2) is 29.6 Å². The Balaban J connectivity index is 2.75. The van der Waals surface area contributed by atoms with Gasteiger partial charge in [0, 0.05) is 5.54 Å². The molecule has 0 aromatic heterocycles. The second kappa shape index (κ2) is 5.80. The minimum absolute atomic E-state index is 0.0466. The molecule has 3 heteroatoms. The van der Waals surface area contributed by atoms with Crippen LogP contribution in [0.4, 0.5) is 0 Å². The average Bonchev–Trinajstić information content (AvgIpc) is 2.45.